The lowest BCUT2D eigenvalue weighted by atomic mass is 9.97. The van der Waals surface area contributed by atoms with Crippen LogP contribution < -0.4 is 11.1 Å². The third-order valence-corrected chi connectivity index (χ3v) is 2.67. The summed E-state index contributed by atoms with van der Waals surface area (Å²) in [7, 11) is 0. The Bertz CT molecular complexity index is 370. The van der Waals surface area contributed by atoms with Gasteiger partial charge in [0.05, 0.1) is 0 Å². The summed E-state index contributed by atoms with van der Waals surface area (Å²) in [6.45, 7) is 6.31. The fourth-order valence-corrected chi connectivity index (χ4v) is 1.61. The van der Waals surface area contributed by atoms with E-state index in [4.69, 9.17) is 5.73 Å². The number of hydrogen-bond donors (Lipinski definition) is 2. The Morgan fingerprint density at radius 1 is 1.47 bits per heavy atom. The summed E-state index contributed by atoms with van der Waals surface area (Å²) in [5.74, 6) is 0.288. The lowest BCUT2D eigenvalue weighted by Gasteiger charge is -2.12. The van der Waals surface area contributed by atoms with Gasteiger partial charge in [0.1, 0.15) is 0 Å². The van der Waals surface area contributed by atoms with Crippen LogP contribution in [0.3, 0.4) is 0 Å². The van der Waals surface area contributed by atoms with Crippen LogP contribution in [0, 0.1) is 0 Å². The van der Waals surface area contributed by atoms with Gasteiger partial charge in [0.25, 0.3) is 0 Å². The van der Waals surface area contributed by atoms with Crippen molar-refractivity contribution in [2.45, 2.75) is 25.7 Å². The number of nitrogen functional groups attached to an aromatic ring is 1. The third kappa shape index (κ3) is 4.72. The Morgan fingerprint density at radius 3 is 2.71 bits per heavy atom. The topological polar surface area (TPSA) is 55.1 Å². The molecule has 92 valence electrons. The Morgan fingerprint density at radius 2 is 2.12 bits per heavy atom. The highest BCUT2D eigenvalue weighted by molar-refractivity contribution is 5.76. The first-order valence-electron chi connectivity index (χ1n) is 5.86. The maximum atomic E-state index is 11.6. The first-order valence-corrected chi connectivity index (χ1v) is 5.86. The Balaban J connectivity index is 2.42. The van der Waals surface area contributed by atoms with E-state index in [1.54, 1.807) is 6.08 Å². The van der Waals surface area contributed by atoms with E-state index in [0.717, 1.165) is 17.7 Å². The van der Waals surface area contributed by atoms with Crippen molar-refractivity contribution < 1.29 is 4.79 Å². The Hall–Kier alpha value is -1.77. The number of hydrogen-bond acceptors (Lipinski definition) is 2. The van der Waals surface area contributed by atoms with Gasteiger partial charge in [0.2, 0.25) is 5.91 Å². The monoisotopic (exact) mass is 232 g/mol. The fourth-order valence-electron chi connectivity index (χ4n) is 1.61. The number of benzene rings is 1. The summed E-state index contributed by atoms with van der Waals surface area (Å²) >= 11 is 0. The van der Waals surface area contributed by atoms with Crippen LogP contribution in [0.2, 0.25) is 0 Å². The second kappa shape index (κ2) is 6.74. The quantitative estimate of drug-likeness (QED) is 0.449. The number of anilines is 1. The number of nitrogens with one attached hydrogen (secondary N) is 1. The highest BCUT2D eigenvalue weighted by Gasteiger charge is 2.10. The zero-order chi connectivity index (χ0) is 12.7. The molecule has 1 aromatic rings. The van der Waals surface area contributed by atoms with E-state index < -0.39 is 0 Å². The first kappa shape index (κ1) is 13.3. The van der Waals surface area contributed by atoms with Gasteiger partial charge in [-0.15, -0.1) is 6.58 Å². The van der Waals surface area contributed by atoms with E-state index in [0.29, 0.717) is 13.0 Å². The SMILES string of the molecule is C=CCCNC(=O)CC(C)c1ccc(N)cc1. The number of nitrogens with two attached hydrogens (primary N) is 1. The zero-order valence-corrected chi connectivity index (χ0v) is 10.3. The molecular weight excluding hydrogens is 212 g/mol. The van der Waals surface area contributed by atoms with Crippen molar-refractivity contribution in [2.75, 3.05) is 12.3 Å². The summed E-state index contributed by atoms with van der Waals surface area (Å²) in [6, 6.07) is 7.66. The number of amides is 1. The fraction of sp³-hybridized carbons (Fsp3) is 0.357. The predicted octanol–water partition coefficient (Wildman–Crippen LogP) is 2.45. The molecule has 17 heavy (non-hydrogen) atoms. The summed E-state index contributed by atoms with van der Waals surface area (Å²) < 4.78 is 0. The molecule has 1 rings (SSSR count). The van der Waals surface area contributed by atoms with Gasteiger partial charge in [-0.1, -0.05) is 25.1 Å². The molecule has 1 aromatic carbocycles. The molecule has 0 saturated carbocycles. The van der Waals surface area contributed by atoms with Gasteiger partial charge in [-0.05, 0) is 30.0 Å². The minimum atomic E-state index is 0.0798. The molecule has 0 spiro atoms. The maximum absolute atomic E-state index is 11.6. The van der Waals surface area contributed by atoms with Gasteiger partial charge in [-0.25, -0.2) is 0 Å². The Kier molecular flexibility index (Phi) is 5.27. The van der Waals surface area contributed by atoms with Crippen LogP contribution in [-0.4, -0.2) is 12.5 Å². The molecule has 3 heteroatoms. The summed E-state index contributed by atoms with van der Waals surface area (Å²) in [5.41, 5.74) is 7.50. The molecule has 1 unspecified atom stereocenters. The van der Waals surface area contributed by atoms with Crippen LogP contribution in [-0.2, 0) is 4.79 Å². The third-order valence-electron chi connectivity index (χ3n) is 2.67. The number of rotatable bonds is 6. The van der Waals surface area contributed by atoms with Gasteiger partial charge in [-0.2, -0.15) is 0 Å². The van der Waals surface area contributed by atoms with E-state index in [1.807, 2.05) is 31.2 Å². The van der Waals surface area contributed by atoms with Crippen LogP contribution in [0.5, 0.6) is 0 Å². The van der Waals surface area contributed by atoms with Crippen molar-refractivity contribution in [1.29, 1.82) is 0 Å². The molecule has 0 aliphatic carbocycles. The van der Waals surface area contributed by atoms with Gasteiger partial charge < -0.3 is 11.1 Å². The molecule has 0 saturated heterocycles. The molecule has 3 nitrogen and oxygen atoms in total. The Labute approximate surface area is 103 Å². The second-order valence-electron chi connectivity index (χ2n) is 4.20. The smallest absolute Gasteiger partial charge is 0.220 e. The number of carbonyl (C=O) groups excluding carboxylic acids is 1. The van der Waals surface area contributed by atoms with Crippen molar-refractivity contribution >= 4 is 11.6 Å². The van der Waals surface area contributed by atoms with E-state index >= 15 is 0 Å². The summed E-state index contributed by atoms with van der Waals surface area (Å²) in [5, 5.41) is 2.86. The average molecular weight is 232 g/mol. The van der Waals surface area contributed by atoms with Crippen molar-refractivity contribution in [2.24, 2.45) is 0 Å². The molecule has 1 atom stereocenters. The maximum Gasteiger partial charge on any atom is 0.220 e. The first-order chi connectivity index (χ1) is 8.13. The van der Waals surface area contributed by atoms with Crippen LogP contribution in [0.15, 0.2) is 36.9 Å². The molecular formula is C14H20N2O. The lowest BCUT2D eigenvalue weighted by molar-refractivity contribution is -0.121. The minimum absolute atomic E-state index is 0.0798. The zero-order valence-electron chi connectivity index (χ0n) is 10.3. The van der Waals surface area contributed by atoms with E-state index in [2.05, 4.69) is 11.9 Å². The molecule has 1 amide bonds. The van der Waals surface area contributed by atoms with Gasteiger partial charge in [0.15, 0.2) is 0 Å². The van der Waals surface area contributed by atoms with Crippen LogP contribution in [0.1, 0.15) is 31.2 Å². The molecule has 0 aromatic heterocycles. The van der Waals surface area contributed by atoms with E-state index in [9.17, 15) is 4.79 Å². The molecule has 0 aliphatic rings. The van der Waals surface area contributed by atoms with E-state index in [-0.39, 0.29) is 11.8 Å². The van der Waals surface area contributed by atoms with Crippen molar-refractivity contribution in [3.63, 3.8) is 0 Å². The van der Waals surface area contributed by atoms with E-state index in [1.165, 1.54) is 0 Å². The molecule has 0 radical (unpaired) electrons. The van der Waals surface area contributed by atoms with Gasteiger partial charge >= 0.3 is 0 Å². The number of carbonyl (C=O) groups is 1. The highest BCUT2D eigenvalue weighted by Crippen LogP contribution is 2.19. The molecule has 0 aliphatic heterocycles. The lowest BCUT2D eigenvalue weighted by Crippen LogP contribution is -2.25. The predicted molar refractivity (Wildman–Crippen MR) is 71.7 cm³/mol. The van der Waals surface area contributed by atoms with Crippen LogP contribution in [0.4, 0.5) is 5.69 Å². The highest BCUT2D eigenvalue weighted by atomic mass is 16.1. The van der Waals surface area contributed by atoms with Crippen LogP contribution >= 0.6 is 0 Å². The van der Waals surface area contributed by atoms with Crippen molar-refractivity contribution in [1.82, 2.24) is 5.32 Å². The summed E-state index contributed by atoms with van der Waals surface area (Å²) in [4.78, 5) is 11.6. The summed E-state index contributed by atoms with van der Waals surface area (Å²) in [6.07, 6.45) is 3.10. The average Bonchev–Trinajstić information content (AvgIpc) is 2.30. The standard InChI is InChI=1S/C14H20N2O/c1-3-4-9-16-14(17)10-11(2)12-5-7-13(15)8-6-12/h3,5-8,11H,1,4,9-10,15H2,2H3,(H,16,17). The van der Waals surface area contributed by atoms with Crippen LogP contribution in [0.25, 0.3) is 0 Å². The largest absolute Gasteiger partial charge is 0.399 e. The van der Waals surface area contributed by atoms with Crippen molar-refractivity contribution in [3.8, 4) is 0 Å². The second-order valence-corrected chi connectivity index (χ2v) is 4.20. The molecule has 0 fully saturated rings. The molecule has 0 bridgehead atoms. The normalized spacial score (nSPS) is 11.8. The molecule has 0 heterocycles. The molecule has 3 N–H and O–H groups in total. The van der Waals surface area contributed by atoms with Gasteiger partial charge in [0, 0.05) is 18.7 Å². The van der Waals surface area contributed by atoms with Gasteiger partial charge in [-0.3, -0.25) is 4.79 Å². The minimum Gasteiger partial charge on any atom is -0.399 e. The van der Waals surface area contributed by atoms with Crippen molar-refractivity contribution in [3.05, 3.63) is 42.5 Å².